The van der Waals surface area contributed by atoms with E-state index >= 15 is 0 Å². The molecule has 0 aliphatic heterocycles. The second kappa shape index (κ2) is 6.06. The van der Waals surface area contributed by atoms with Crippen LogP contribution in [-0.2, 0) is 19.5 Å². The zero-order valence-electron chi connectivity index (χ0n) is 7.60. The molecule has 4 heteroatoms. The van der Waals surface area contributed by atoms with Gasteiger partial charge in [0.25, 0.3) is 5.17 Å². The van der Waals surface area contributed by atoms with Gasteiger partial charge in [0.2, 0.25) is 0 Å². The molecule has 1 aromatic carbocycles. The summed E-state index contributed by atoms with van der Waals surface area (Å²) in [6.07, 6.45) is 0. The average Bonchev–Trinajstić information content (AvgIpc) is 2.07. The number of rotatable bonds is 2. The zero-order valence-corrected chi connectivity index (χ0v) is 11.4. The Morgan fingerprint density at radius 2 is 1.92 bits per heavy atom. The minimum absolute atomic E-state index is 0. The molecule has 0 aliphatic rings. The van der Waals surface area contributed by atoms with Gasteiger partial charge < -0.3 is 10.0 Å². The van der Waals surface area contributed by atoms with Gasteiger partial charge in [-0.1, -0.05) is 18.2 Å². The molecular formula is C9H11NOSZn. The summed E-state index contributed by atoms with van der Waals surface area (Å²) >= 11 is 4.68. The number of benzene rings is 1. The largest absolute Gasteiger partial charge is 0.486 e. The molecule has 66 valence electrons. The molecule has 0 aromatic heterocycles. The van der Waals surface area contributed by atoms with Crippen molar-refractivity contribution in [3.63, 3.8) is 0 Å². The fourth-order valence-electron chi connectivity index (χ4n) is 1.04. The third-order valence-electron chi connectivity index (χ3n) is 1.61. The molecule has 0 amide bonds. The van der Waals surface area contributed by atoms with Crippen LogP contribution in [0, 0.1) is 0 Å². The Labute approximate surface area is 96.3 Å². The van der Waals surface area contributed by atoms with Crippen molar-refractivity contribution in [1.29, 1.82) is 0 Å². The van der Waals surface area contributed by atoms with Gasteiger partial charge in [0.1, 0.15) is 0 Å². The zero-order chi connectivity index (χ0) is 8.97. The van der Waals surface area contributed by atoms with Crippen molar-refractivity contribution in [2.75, 3.05) is 11.4 Å². The van der Waals surface area contributed by atoms with E-state index in [1.54, 1.807) is 4.90 Å². The molecular weight excluding hydrogens is 236 g/mol. The van der Waals surface area contributed by atoms with E-state index in [0.717, 1.165) is 5.69 Å². The molecule has 0 heterocycles. The fraction of sp³-hybridized carbons (Fsp3) is 0.222. The Balaban J connectivity index is 0.00000144. The number of aliphatic hydroxyl groups excluding tert-OH is 1. The van der Waals surface area contributed by atoms with E-state index in [9.17, 15) is 0 Å². The maximum Gasteiger partial charge on any atom is 0.261 e. The van der Waals surface area contributed by atoms with Gasteiger partial charge in [-0.2, -0.15) is 0 Å². The van der Waals surface area contributed by atoms with Gasteiger partial charge in [0.15, 0.2) is 0 Å². The van der Waals surface area contributed by atoms with Crippen LogP contribution in [0.15, 0.2) is 30.3 Å². The predicted molar refractivity (Wildman–Crippen MR) is 54.7 cm³/mol. The molecule has 0 aliphatic carbocycles. The van der Waals surface area contributed by atoms with Crippen molar-refractivity contribution in [3.8, 4) is 0 Å². The SMILES string of the molecule is CCN(C(O)=S)c1ccccc1.[Zn]. The van der Waals surface area contributed by atoms with E-state index < -0.39 is 0 Å². The Morgan fingerprint density at radius 1 is 1.38 bits per heavy atom. The first-order valence-corrected chi connectivity index (χ1v) is 4.22. The second-order valence-electron chi connectivity index (χ2n) is 2.36. The van der Waals surface area contributed by atoms with Gasteiger partial charge in [-0.05, 0) is 31.3 Å². The molecule has 0 bridgehead atoms. The van der Waals surface area contributed by atoms with Crippen LogP contribution in [0.2, 0.25) is 0 Å². The van der Waals surface area contributed by atoms with Crippen LogP contribution in [0.1, 0.15) is 6.92 Å². The molecule has 0 atom stereocenters. The fourth-order valence-corrected chi connectivity index (χ4v) is 1.27. The van der Waals surface area contributed by atoms with Crippen molar-refractivity contribution < 1.29 is 24.6 Å². The Kier molecular flexibility index (Phi) is 5.84. The molecule has 0 fully saturated rings. The van der Waals surface area contributed by atoms with Crippen molar-refractivity contribution in [1.82, 2.24) is 0 Å². The van der Waals surface area contributed by atoms with Crippen LogP contribution in [-0.4, -0.2) is 16.8 Å². The number of nitrogens with zero attached hydrogens (tertiary/aromatic N) is 1. The summed E-state index contributed by atoms with van der Waals surface area (Å²) in [6.45, 7) is 2.62. The molecule has 1 rings (SSSR count). The summed E-state index contributed by atoms with van der Waals surface area (Å²) in [5, 5.41) is 9.04. The Bertz CT molecular complexity index is 266. The quantitative estimate of drug-likeness (QED) is 0.640. The molecule has 0 unspecified atom stereocenters. The standard InChI is InChI=1S/C9H11NOS.Zn/c1-2-10(9(11)12)8-6-4-3-5-7-8;/h3-7H,2H2,1H3,(H,11,12);. The van der Waals surface area contributed by atoms with Gasteiger partial charge in [-0.3, -0.25) is 0 Å². The number of aliphatic hydroxyl groups is 1. The topological polar surface area (TPSA) is 23.5 Å². The van der Waals surface area contributed by atoms with E-state index in [1.807, 2.05) is 37.3 Å². The van der Waals surface area contributed by atoms with E-state index in [-0.39, 0.29) is 24.7 Å². The Morgan fingerprint density at radius 3 is 2.31 bits per heavy atom. The number of para-hydroxylation sites is 1. The molecule has 0 saturated heterocycles. The van der Waals surface area contributed by atoms with Gasteiger partial charge >= 0.3 is 0 Å². The van der Waals surface area contributed by atoms with Crippen LogP contribution in [0.4, 0.5) is 5.69 Å². The first-order valence-electron chi connectivity index (χ1n) is 3.81. The monoisotopic (exact) mass is 245 g/mol. The molecule has 0 radical (unpaired) electrons. The van der Waals surface area contributed by atoms with Gasteiger partial charge in [0, 0.05) is 31.7 Å². The summed E-state index contributed by atoms with van der Waals surface area (Å²) in [5.41, 5.74) is 0.924. The molecule has 1 N–H and O–H groups in total. The van der Waals surface area contributed by atoms with Crippen LogP contribution in [0.3, 0.4) is 0 Å². The average molecular weight is 247 g/mol. The first kappa shape index (κ1) is 12.5. The maximum absolute atomic E-state index is 9.12. The first-order chi connectivity index (χ1) is 5.75. The maximum atomic E-state index is 9.12. The van der Waals surface area contributed by atoms with E-state index in [4.69, 9.17) is 5.11 Å². The summed E-state index contributed by atoms with van der Waals surface area (Å²) < 4.78 is 0. The van der Waals surface area contributed by atoms with Crippen LogP contribution in [0.5, 0.6) is 0 Å². The molecule has 1 aromatic rings. The summed E-state index contributed by atoms with van der Waals surface area (Å²) in [5.74, 6) is 0. The van der Waals surface area contributed by atoms with Crippen molar-refractivity contribution in [2.24, 2.45) is 0 Å². The number of anilines is 1. The van der Waals surface area contributed by atoms with Crippen LogP contribution in [0.25, 0.3) is 0 Å². The van der Waals surface area contributed by atoms with Crippen molar-refractivity contribution >= 4 is 23.1 Å². The van der Waals surface area contributed by atoms with E-state index in [2.05, 4.69) is 12.2 Å². The van der Waals surface area contributed by atoms with E-state index in [0.29, 0.717) is 6.54 Å². The molecule has 0 spiro atoms. The minimum atomic E-state index is -0.0799. The van der Waals surface area contributed by atoms with Gasteiger partial charge in [-0.25, -0.2) is 0 Å². The Hall–Kier alpha value is -0.467. The summed E-state index contributed by atoms with van der Waals surface area (Å²) in [6, 6.07) is 9.57. The summed E-state index contributed by atoms with van der Waals surface area (Å²) in [7, 11) is 0. The minimum Gasteiger partial charge on any atom is -0.486 e. The predicted octanol–water partition coefficient (Wildman–Crippen LogP) is 2.35. The number of hydrogen-bond donors (Lipinski definition) is 1. The third-order valence-corrected chi connectivity index (χ3v) is 1.84. The van der Waals surface area contributed by atoms with Crippen molar-refractivity contribution in [2.45, 2.75) is 6.92 Å². The van der Waals surface area contributed by atoms with Gasteiger partial charge in [0.05, 0.1) is 0 Å². The number of hydrogen-bond acceptors (Lipinski definition) is 1. The third kappa shape index (κ3) is 3.41. The normalized spacial score (nSPS) is 8.69. The molecule has 2 nitrogen and oxygen atoms in total. The number of thiocarbonyl (C=S) groups is 1. The molecule has 0 saturated carbocycles. The molecule has 13 heavy (non-hydrogen) atoms. The second-order valence-corrected chi connectivity index (χ2v) is 2.73. The van der Waals surface area contributed by atoms with Gasteiger partial charge in [-0.15, -0.1) is 0 Å². The van der Waals surface area contributed by atoms with Crippen LogP contribution >= 0.6 is 12.2 Å². The van der Waals surface area contributed by atoms with E-state index in [1.165, 1.54) is 0 Å². The summed E-state index contributed by atoms with van der Waals surface area (Å²) in [4.78, 5) is 1.66. The van der Waals surface area contributed by atoms with Crippen molar-refractivity contribution in [3.05, 3.63) is 30.3 Å². The van der Waals surface area contributed by atoms with Crippen LogP contribution < -0.4 is 4.90 Å². The smallest absolute Gasteiger partial charge is 0.261 e.